The smallest absolute Gasteiger partial charge is 0.156 e. The Kier molecular flexibility index (Phi) is 3.38. The molecule has 7 nitrogen and oxygen atoms in total. The SMILES string of the molecule is Cc1cc(CN2C=CCN(c3cc(-c4ccco4)[nH]n3)C2)on1. The number of hydrogen-bond donors (Lipinski definition) is 1. The molecule has 0 bridgehead atoms. The zero-order chi connectivity index (χ0) is 15.6. The highest BCUT2D eigenvalue weighted by Crippen LogP contribution is 2.23. The average molecular weight is 311 g/mol. The number of rotatable bonds is 4. The summed E-state index contributed by atoms with van der Waals surface area (Å²) in [6.45, 7) is 4.15. The molecule has 23 heavy (non-hydrogen) atoms. The second-order valence-corrected chi connectivity index (χ2v) is 5.55. The lowest BCUT2D eigenvalue weighted by molar-refractivity contribution is 0.289. The van der Waals surface area contributed by atoms with E-state index < -0.39 is 0 Å². The number of H-pyrrole nitrogens is 1. The molecule has 3 aromatic heterocycles. The van der Waals surface area contributed by atoms with Gasteiger partial charge in [0.2, 0.25) is 0 Å². The van der Waals surface area contributed by atoms with E-state index in [1.54, 1.807) is 6.26 Å². The highest BCUT2D eigenvalue weighted by molar-refractivity contribution is 5.58. The van der Waals surface area contributed by atoms with Gasteiger partial charge < -0.3 is 18.7 Å². The number of nitrogens with one attached hydrogen (secondary N) is 1. The van der Waals surface area contributed by atoms with Crippen molar-refractivity contribution in [3.8, 4) is 11.5 Å². The molecule has 4 heterocycles. The molecule has 0 unspecified atom stereocenters. The third-order valence-electron chi connectivity index (χ3n) is 3.71. The fourth-order valence-corrected chi connectivity index (χ4v) is 2.64. The van der Waals surface area contributed by atoms with Crippen LogP contribution in [0.2, 0.25) is 0 Å². The van der Waals surface area contributed by atoms with Crippen LogP contribution >= 0.6 is 0 Å². The van der Waals surface area contributed by atoms with E-state index in [0.717, 1.165) is 41.9 Å². The Bertz CT molecular complexity index is 802. The number of nitrogens with zero attached hydrogens (tertiary/aromatic N) is 4. The first-order chi connectivity index (χ1) is 11.3. The van der Waals surface area contributed by atoms with Gasteiger partial charge in [-0.05, 0) is 31.3 Å². The zero-order valence-corrected chi connectivity index (χ0v) is 12.8. The first-order valence-electron chi connectivity index (χ1n) is 7.45. The first kappa shape index (κ1) is 13.7. The molecular weight excluding hydrogens is 294 g/mol. The van der Waals surface area contributed by atoms with E-state index in [2.05, 4.69) is 37.4 Å². The van der Waals surface area contributed by atoms with Gasteiger partial charge in [-0.2, -0.15) is 5.10 Å². The van der Waals surface area contributed by atoms with Gasteiger partial charge in [0, 0.05) is 18.7 Å². The summed E-state index contributed by atoms with van der Waals surface area (Å²) in [6, 6.07) is 7.72. The van der Waals surface area contributed by atoms with Crippen LogP contribution in [0.4, 0.5) is 5.82 Å². The summed E-state index contributed by atoms with van der Waals surface area (Å²) in [6.07, 6.45) is 5.84. The molecule has 1 aliphatic heterocycles. The van der Waals surface area contributed by atoms with E-state index in [1.165, 1.54) is 0 Å². The summed E-state index contributed by atoms with van der Waals surface area (Å²) in [5.41, 5.74) is 1.77. The van der Waals surface area contributed by atoms with Crippen molar-refractivity contribution in [3.63, 3.8) is 0 Å². The van der Waals surface area contributed by atoms with E-state index >= 15 is 0 Å². The van der Waals surface area contributed by atoms with Crippen molar-refractivity contribution in [2.24, 2.45) is 0 Å². The summed E-state index contributed by atoms with van der Waals surface area (Å²) in [4.78, 5) is 4.33. The van der Waals surface area contributed by atoms with Gasteiger partial charge in [0.05, 0.1) is 25.2 Å². The molecule has 7 heteroatoms. The van der Waals surface area contributed by atoms with Gasteiger partial charge in [0.1, 0.15) is 5.69 Å². The third-order valence-corrected chi connectivity index (χ3v) is 3.71. The van der Waals surface area contributed by atoms with Gasteiger partial charge in [-0.3, -0.25) is 5.10 Å². The van der Waals surface area contributed by atoms with Crippen molar-refractivity contribution in [2.45, 2.75) is 13.5 Å². The molecule has 1 aliphatic rings. The Labute approximate surface area is 133 Å². The summed E-state index contributed by atoms with van der Waals surface area (Å²) < 4.78 is 10.7. The maximum Gasteiger partial charge on any atom is 0.156 e. The molecule has 118 valence electrons. The van der Waals surface area contributed by atoms with Crippen LogP contribution in [0.5, 0.6) is 0 Å². The van der Waals surface area contributed by atoms with Crippen molar-refractivity contribution in [2.75, 3.05) is 18.1 Å². The van der Waals surface area contributed by atoms with Gasteiger partial charge in [-0.15, -0.1) is 0 Å². The maximum absolute atomic E-state index is 5.39. The summed E-state index contributed by atoms with van der Waals surface area (Å²) in [5, 5.41) is 11.3. The number of furan rings is 1. The lowest BCUT2D eigenvalue weighted by Gasteiger charge is -2.32. The second kappa shape index (κ2) is 5.68. The normalized spacial score (nSPS) is 14.7. The minimum atomic E-state index is 0.684. The van der Waals surface area contributed by atoms with Gasteiger partial charge in [-0.25, -0.2) is 0 Å². The number of aromatic amines is 1. The molecule has 4 rings (SSSR count). The molecular formula is C16H17N5O2. The molecule has 3 aromatic rings. The van der Waals surface area contributed by atoms with E-state index in [-0.39, 0.29) is 0 Å². The topological polar surface area (TPSA) is 74.3 Å². The summed E-state index contributed by atoms with van der Waals surface area (Å²) in [5.74, 6) is 2.53. The fraction of sp³-hybridized carbons (Fsp3) is 0.250. The molecule has 0 radical (unpaired) electrons. The number of anilines is 1. The van der Waals surface area contributed by atoms with Crippen LogP contribution in [0.15, 0.2) is 51.7 Å². The Morgan fingerprint density at radius 2 is 2.30 bits per heavy atom. The van der Waals surface area contributed by atoms with Gasteiger partial charge in [0.25, 0.3) is 0 Å². The van der Waals surface area contributed by atoms with Crippen LogP contribution in [0.25, 0.3) is 11.5 Å². The van der Waals surface area contributed by atoms with E-state index in [9.17, 15) is 0 Å². The number of hydrogen-bond acceptors (Lipinski definition) is 6. The number of aromatic nitrogens is 3. The molecule has 0 atom stereocenters. The number of aryl methyl sites for hydroxylation is 1. The molecule has 0 saturated heterocycles. The zero-order valence-electron chi connectivity index (χ0n) is 12.8. The molecule has 0 saturated carbocycles. The van der Waals surface area contributed by atoms with Gasteiger partial charge >= 0.3 is 0 Å². The van der Waals surface area contributed by atoms with Gasteiger partial charge in [0.15, 0.2) is 17.3 Å². The Hall–Kier alpha value is -2.96. The van der Waals surface area contributed by atoms with Crippen LogP contribution in [-0.2, 0) is 6.54 Å². The Balaban J connectivity index is 1.47. The quantitative estimate of drug-likeness (QED) is 0.798. The molecule has 0 aromatic carbocycles. The predicted molar refractivity (Wildman–Crippen MR) is 84.4 cm³/mol. The van der Waals surface area contributed by atoms with Crippen molar-refractivity contribution < 1.29 is 8.94 Å². The first-order valence-corrected chi connectivity index (χ1v) is 7.45. The average Bonchev–Trinajstić information content (AvgIpc) is 3.28. The van der Waals surface area contributed by atoms with Crippen molar-refractivity contribution in [3.05, 3.63) is 54.3 Å². The molecule has 0 fully saturated rings. The Morgan fingerprint density at radius 3 is 3.09 bits per heavy atom. The molecule has 1 N–H and O–H groups in total. The minimum Gasteiger partial charge on any atom is -0.463 e. The predicted octanol–water partition coefficient (Wildman–Crippen LogP) is 2.76. The Morgan fingerprint density at radius 1 is 1.35 bits per heavy atom. The fourth-order valence-electron chi connectivity index (χ4n) is 2.64. The second-order valence-electron chi connectivity index (χ2n) is 5.55. The molecule has 0 amide bonds. The molecule has 0 spiro atoms. The van der Waals surface area contributed by atoms with Crippen molar-refractivity contribution >= 4 is 5.82 Å². The van der Waals surface area contributed by atoms with Crippen LogP contribution < -0.4 is 4.90 Å². The lowest BCUT2D eigenvalue weighted by atomic mass is 10.3. The van der Waals surface area contributed by atoms with Crippen LogP contribution in [-0.4, -0.2) is 33.5 Å². The molecule has 0 aliphatic carbocycles. The van der Waals surface area contributed by atoms with Crippen LogP contribution in [0.3, 0.4) is 0 Å². The lowest BCUT2D eigenvalue weighted by Crippen LogP contribution is -2.38. The monoisotopic (exact) mass is 311 g/mol. The third kappa shape index (κ3) is 2.85. The van der Waals surface area contributed by atoms with E-state index in [4.69, 9.17) is 8.94 Å². The highest BCUT2D eigenvalue weighted by Gasteiger charge is 2.17. The summed E-state index contributed by atoms with van der Waals surface area (Å²) >= 11 is 0. The van der Waals surface area contributed by atoms with E-state index in [1.807, 2.05) is 31.2 Å². The largest absolute Gasteiger partial charge is 0.463 e. The highest BCUT2D eigenvalue weighted by atomic mass is 16.5. The minimum absolute atomic E-state index is 0.684. The standard InChI is InChI=1S/C16H17N5O2/c1-12-8-13(23-19-12)10-20-5-3-6-21(11-20)16-9-14(17-18-16)15-4-2-7-22-15/h2-5,7-9H,6,10-11H2,1H3,(H,17,18). The van der Waals surface area contributed by atoms with Gasteiger partial charge in [-0.1, -0.05) is 5.16 Å². The van der Waals surface area contributed by atoms with Crippen LogP contribution in [0, 0.1) is 6.92 Å². The van der Waals surface area contributed by atoms with Crippen molar-refractivity contribution in [1.29, 1.82) is 0 Å². The summed E-state index contributed by atoms with van der Waals surface area (Å²) in [7, 11) is 0. The van der Waals surface area contributed by atoms with Crippen LogP contribution in [0.1, 0.15) is 11.5 Å². The van der Waals surface area contributed by atoms with Crippen molar-refractivity contribution in [1.82, 2.24) is 20.3 Å². The maximum atomic E-state index is 5.39. The van der Waals surface area contributed by atoms with E-state index in [0.29, 0.717) is 6.54 Å².